The maximum absolute atomic E-state index is 13.5. The van der Waals surface area contributed by atoms with E-state index in [9.17, 15) is 24.0 Å². The molecule has 0 radical (unpaired) electrons. The zero-order chi connectivity index (χ0) is 32.6. The van der Waals surface area contributed by atoms with Crippen LogP contribution in [0.3, 0.4) is 0 Å². The highest BCUT2D eigenvalue weighted by Gasteiger charge is 2.43. The number of carbonyl (C=O) groups is 5. The summed E-state index contributed by atoms with van der Waals surface area (Å²) in [6.07, 6.45) is 14.0. The van der Waals surface area contributed by atoms with Crippen LogP contribution in [-0.4, -0.2) is 78.6 Å². The van der Waals surface area contributed by atoms with Crippen molar-refractivity contribution in [2.75, 3.05) is 39.3 Å². The number of nitrogens with two attached hydrogens (primary N) is 1. The molecule has 1 aromatic carbocycles. The van der Waals surface area contributed by atoms with Gasteiger partial charge in [0.05, 0.1) is 17.8 Å². The second-order valence-corrected chi connectivity index (χ2v) is 12.8. The largest absolute Gasteiger partial charge is 0.369 e. The molecule has 1 aromatic rings. The number of benzene rings is 1. The van der Waals surface area contributed by atoms with Gasteiger partial charge in [-0.25, -0.2) is 0 Å². The molecule has 2 fully saturated rings. The van der Waals surface area contributed by atoms with Crippen molar-refractivity contribution in [3.8, 4) is 0 Å². The molecule has 45 heavy (non-hydrogen) atoms. The summed E-state index contributed by atoms with van der Waals surface area (Å²) in [5.74, 6) is -2.82. The molecule has 2 saturated heterocycles. The van der Waals surface area contributed by atoms with Crippen LogP contribution in [0.1, 0.15) is 118 Å². The van der Waals surface area contributed by atoms with E-state index in [-0.39, 0.29) is 42.6 Å². The van der Waals surface area contributed by atoms with Crippen LogP contribution < -0.4 is 16.4 Å². The molecule has 0 bridgehead atoms. The fraction of sp³-hybridized carbons (Fsp3) is 0.686. The molecule has 10 heteroatoms. The van der Waals surface area contributed by atoms with Crippen molar-refractivity contribution in [1.29, 1.82) is 0 Å². The third-order valence-electron chi connectivity index (χ3n) is 9.20. The topological polar surface area (TPSA) is 142 Å². The number of nitrogens with zero attached hydrogens (tertiary/aromatic N) is 2. The van der Waals surface area contributed by atoms with Crippen molar-refractivity contribution < 1.29 is 24.0 Å². The predicted molar refractivity (Wildman–Crippen MR) is 175 cm³/mol. The monoisotopic (exact) mass is 625 g/mol. The molecule has 2 aliphatic rings. The number of nitrogens with one attached hydrogen (secondary N) is 2. The molecule has 2 heterocycles. The van der Waals surface area contributed by atoms with Crippen molar-refractivity contribution in [1.82, 2.24) is 20.4 Å². The zero-order valence-corrected chi connectivity index (χ0v) is 27.5. The van der Waals surface area contributed by atoms with Crippen LogP contribution in [0.2, 0.25) is 0 Å². The van der Waals surface area contributed by atoms with Gasteiger partial charge >= 0.3 is 0 Å². The van der Waals surface area contributed by atoms with Gasteiger partial charge in [0.1, 0.15) is 0 Å². The molecular weight excluding hydrogens is 570 g/mol. The van der Waals surface area contributed by atoms with E-state index in [4.69, 9.17) is 5.73 Å². The van der Waals surface area contributed by atoms with Gasteiger partial charge in [0, 0.05) is 50.4 Å². The Morgan fingerprint density at radius 2 is 1.07 bits per heavy atom. The molecule has 0 unspecified atom stereocenters. The molecule has 3 rings (SSSR count). The fourth-order valence-corrected chi connectivity index (χ4v) is 6.29. The van der Waals surface area contributed by atoms with Crippen molar-refractivity contribution in [2.24, 2.45) is 23.5 Å². The van der Waals surface area contributed by atoms with Crippen molar-refractivity contribution >= 4 is 29.5 Å². The Kier molecular flexibility index (Phi) is 15.4. The summed E-state index contributed by atoms with van der Waals surface area (Å²) >= 11 is 0. The van der Waals surface area contributed by atoms with Gasteiger partial charge in [-0.1, -0.05) is 78.1 Å². The van der Waals surface area contributed by atoms with E-state index in [1.807, 2.05) is 0 Å². The summed E-state index contributed by atoms with van der Waals surface area (Å²) in [4.78, 5) is 67.7. The summed E-state index contributed by atoms with van der Waals surface area (Å²) < 4.78 is 0. The molecule has 0 aromatic heterocycles. The van der Waals surface area contributed by atoms with E-state index in [0.29, 0.717) is 43.7 Å². The van der Waals surface area contributed by atoms with Crippen LogP contribution in [0.15, 0.2) is 24.3 Å². The van der Waals surface area contributed by atoms with E-state index in [0.717, 1.165) is 38.5 Å². The van der Waals surface area contributed by atoms with E-state index in [1.165, 1.54) is 38.5 Å². The highest BCUT2D eigenvalue weighted by Crippen LogP contribution is 2.26. The Hall–Kier alpha value is -3.43. The first kappa shape index (κ1) is 36.0. The SMILES string of the molecule is CCCCCCCCNC(=O)[C@@H]1CN(C(=O)c2ccc(C(=O)N3CC[C@H](C(N)=O)C3)cc2)C[C@H]1C(=O)NCCCCCCCC. The minimum absolute atomic E-state index is 0.166. The fourth-order valence-electron chi connectivity index (χ4n) is 6.29. The lowest BCUT2D eigenvalue weighted by atomic mass is 9.94. The molecule has 250 valence electrons. The Morgan fingerprint density at radius 1 is 0.644 bits per heavy atom. The number of carbonyl (C=O) groups excluding carboxylic acids is 5. The van der Waals surface area contributed by atoms with Crippen LogP contribution in [0.4, 0.5) is 0 Å². The second kappa shape index (κ2) is 19.2. The smallest absolute Gasteiger partial charge is 0.253 e. The first-order valence-corrected chi connectivity index (χ1v) is 17.3. The van der Waals surface area contributed by atoms with Gasteiger partial charge in [-0.15, -0.1) is 0 Å². The second-order valence-electron chi connectivity index (χ2n) is 12.8. The first-order valence-electron chi connectivity index (χ1n) is 17.3. The van der Waals surface area contributed by atoms with Gasteiger partial charge in [0.2, 0.25) is 17.7 Å². The molecule has 3 atom stereocenters. The van der Waals surface area contributed by atoms with Gasteiger partial charge in [-0.2, -0.15) is 0 Å². The summed E-state index contributed by atoms with van der Waals surface area (Å²) in [7, 11) is 0. The van der Waals surface area contributed by atoms with Crippen LogP contribution in [0, 0.1) is 17.8 Å². The molecule has 2 aliphatic heterocycles. The van der Waals surface area contributed by atoms with Crippen LogP contribution >= 0.6 is 0 Å². The number of rotatable bonds is 19. The number of unbranched alkanes of at least 4 members (excludes halogenated alkanes) is 10. The third-order valence-corrected chi connectivity index (χ3v) is 9.20. The molecular formula is C35H55N5O5. The number of likely N-dealkylation sites (tertiary alicyclic amines) is 2. The van der Waals surface area contributed by atoms with Crippen molar-refractivity contribution in [2.45, 2.75) is 97.3 Å². The number of hydrogen-bond acceptors (Lipinski definition) is 5. The van der Waals surface area contributed by atoms with Gasteiger partial charge in [-0.3, -0.25) is 24.0 Å². The Bertz CT molecular complexity index is 1090. The first-order chi connectivity index (χ1) is 21.8. The molecule has 4 N–H and O–H groups in total. The average Bonchev–Trinajstić information content (AvgIpc) is 3.72. The average molecular weight is 626 g/mol. The Labute approximate surface area is 269 Å². The van der Waals surface area contributed by atoms with E-state index in [1.54, 1.807) is 34.1 Å². The number of primary amides is 1. The van der Waals surface area contributed by atoms with E-state index < -0.39 is 17.7 Å². The van der Waals surface area contributed by atoms with E-state index in [2.05, 4.69) is 24.5 Å². The maximum atomic E-state index is 13.5. The highest BCUT2D eigenvalue weighted by atomic mass is 16.2. The van der Waals surface area contributed by atoms with Crippen molar-refractivity contribution in [3.63, 3.8) is 0 Å². The molecule has 10 nitrogen and oxygen atoms in total. The summed E-state index contributed by atoms with van der Waals surface area (Å²) in [5, 5.41) is 6.05. The number of hydrogen-bond donors (Lipinski definition) is 3. The zero-order valence-electron chi connectivity index (χ0n) is 27.5. The van der Waals surface area contributed by atoms with Gasteiger partial charge in [0.15, 0.2) is 0 Å². The lowest BCUT2D eigenvalue weighted by molar-refractivity contribution is -0.132. The predicted octanol–water partition coefficient (Wildman–Crippen LogP) is 4.28. The minimum Gasteiger partial charge on any atom is -0.369 e. The summed E-state index contributed by atoms with van der Waals surface area (Å²) in [5.41, 5.74) is 6.22. The lowest BCUT2D eigenvalue weighted by Crippen LogP contribution is -2.42. The molecule has 0 aliphatic carbocycles. The molecule has 0 spiro atoms. The van der Waals surface area contributed by atoms with Crippen LogP contribution in [0.25, 0.3) is 0 Å². The lowest BCUT2D eigenvalue weighted by Gasteiger charge is -2.18. The number of amides is 5. The molecule has 5 amide bonds. The highest BCUT2D eigenvalue weighted by molar-refractivity contribution is 5.99. The Balaban J connectivity index is 1.59. The van der Waals surface area contributed by atoms with Crippen molar-refractivity contribution in [3.05, 3.63) is 35.4 Å². The van der Waals surface area contributed by atoms with Gasteiger partial charge < -0.3 is 26.2 Å². The van der Waals surface area contributed by atoms with Crippen LogP contribution in [0.5, 0.6) is 0 Å². The quantitative estimate of drug-likeness (QED) is 0.197. The Morgan fingerprint density at radius 3 is 1.49 bits per heavy atom. The van der Waals surface area contributed by atoms with Gasteiger partial charge in [0.25, 0.3) is 11.8 Å². The van der Waals surface area contributed by atoms with Crippen LogP contribution in [-0.2, 0) is 14.4 Å². The van der Waals surface area contributed by atoms with Gasteiger partial charge in [-0.05, 0) is 43.5 Å². The molecule has 0 saturated carbocycles. The third kappa shape index (κ3) is 11.2. The van der Waals surface area contributed by atoms with E-state index >= 15 is 0 Å². The summed E-state index contributed by atoms with van der Waals surface area (Å²) in [6, 6.07) is 6.44. The minimum atomic E-state index is -0.618. The summed E-state index contributed by atoms with van der Waals surface area (Å²) in [6.45, 7) is 6.59. The normalized spacial score (nSPS) is 19.5. The standard InChI is InChI=1S/C35H55N5O5/c1-3-5-7-9-11-13-20-37-32(42)29-24-40(25-30(29)33(43)38-21-14-12-10-8-6-4-2)35(45)27-17-15-26(16-18-27)34(44)39-22-19-28(23-39)31(36)41/h15-18,28-30H,3-14,19-25H2,1-2H3,(H2,36,41)(H,37,42)(H,38,43)/t28-,29+,30+/m0/s1. The maximum Gasteiger partial charge on any atom is 0.253 e.